The molecule has 0 aromatic heterocycles. The van der Waals surface area contributed by atoms with Gasteiger partial charge in [-0.3, -0.25) is 9.59 Å². The molecule has 0 aliphatic carbocycles. The summed E-state index contributed by atoms with van der Waals surface area (Å²) < 4.78 is 10.5. The molecule has 0 unspecified atom stereocenters. The smallest absolute Gasteiger partial charge is 0.311 e. The van der Waals surface area contributed by atoms with Gasteiger partial charge in [-0.25, -0.2) is 0 Å². The minimum absolute atomic E-state index is 0.237. The van der Waals surface area contributed by atoms with Crippen molar-refractivity contribution in [1.29, 1.82) is 0 Å². The highest BCUT2D eigenvalue weighted by molar-refractivity contribution is 5.75. The molecule has 0 bridgehead atoms. The van der Waals surface area contributed by atoms with Crippen LogP contribution >= 0.6 is 0 Å². The molecule has 19 heavy (non-hydrogen) atoms. The summed E-state index contributed by atoms with van der Waals surface area (Å²) in [6, 6.07) is 0. The second-order valence-electron chi connectivity index (χ2n) is 7.82. The molecule has 112 valence electrons. The molecule has 0 N–H and O–H groups in total. The van der Waals surface area contributed by atoms with E-state index in [0.29, 0.717) is 0 Å². The second-order valence-corrected chi connectivity index (χ2v) is 7.82. The Kier molecular flexibility index (Phi) is 5.60. The van der Waals surface area contributed by atoms with Crippen LogP contribution in [0.3, 0.4) is 0 Å². The van der Waals surface area contributed by atoms with Gasteiger partial charge in [0.15, 0.2) is 0 Å². The van der Waals surface area contributed by atoms with Crippen molar-refractivity contribution < 1.29 is 19.1 Å². The molecule has 0 aromatic carbocycles. The van der Waals surface area contributed by atoms with Crippen LogP contribution in [0.25, 0.3) is 0 Å². The van der Waals surface area contributed by atoms with Crippen molar-refractivity contribution in [2.24, 2.45) is 16.2 Å². The predicted octanol–water partition coefficient (Wildman–Crippen LogP) is 3.19. The molecule has 0 aliphatic rings. The van der Waals surface area contributed by atoms with E-state index >= 15 is 0 Å². The molecule has 0 spiro atoms. The van der Waals surface area contributed by atoms with Gasteiger partial charge < -0.3 is 9.47 Å². The van der Waals surface area contributed by atoms with Crippen molar-refractivity contribution in [2.45, 2.75) is 55.4 Å². The topological polar surface area (TPSA) is 52.6 Å². The van der Waals surface area contributed by atoms with Gasteiger partial charge in [-0.2, -0.15) is 0 Å². The van der Waals surface area contributed by atoms with E-state index in [0.717, 1.165) is 0 Å². The second kappa shape index (κ2) is 5.93. The molecular weight excluding hydrogens is 244 g/mol. The maximum atomic E-state index is 11.7. The molecule has 0 radical (unpaired) electrons. The fourth-order valence-corrected chi connectivity index (χ4v) is 0.997. The number of esters is 2. The quantitative estimate of drug-likeness (QED) is 0.737. The van der Waals surface area contributed by atoms with E-state index in [1.807, 2.05) is 55.4 Å². The summed E-state index contributed by atoms with van der Waals surface area (Å²) in [6.07, 6.45) is 0. The van der Waals surface area contributed by atoms with Gasteiger partial charge in [0.05, 0.1) is 24.0 Å². The molecular formula is C15H28O4. The molecule has 0 heterocycles. The first-order chi connectivity index (χ1) is 8.26. The summed E-state index contributed by atoms with van der Waals surface area (Å²) in [7, 11) is 0. The van der Waals surface area contributed by atoms with E-state index in [4.69, 9.17) is 9.47 Å². The average Bonchev–Trinajstić information content (AvgIpc) is 2.20. The van der Waals surface area contributed by atoms with Gasteiger partial charge >= 0.3 is 11.9 Å². The third kappa shape index (κ3) is 7.19. The van der Waals surface area contributed by atoms with Crippen molar-refractivity contribution in [3.8, 4) is 0 Å². The van der Waals surface area contributed by atoms with Crippen molar-refractivity contribution in [3.05, 3.63) is 0 Å². The highest BCUT2D eigenvalue weighted by Gasteiger charge is 2.30. The molecule has 0 saturated carbocycles. The van der Waals surface area contributed by atoms with Gasteiger partial charge in [0.1, 0.15) is 0 Å². The summed E-state index contributed by atoms with van der Waals surface area (Å²) in [5.41, 5.74) is -1.42. The monoisotopic (exact) mass is 272 g/mol. The van der Waals surface area contributed by atoms with Crippen LogP contribution < -0.4 is 0 Å². The van der Waals surface area contributed by atoms with Gasteiger partial charge in [0, 0.05) is 5.41 Å². The SMILES string of the molecule is CC(C)(COC(=O)C(C)(C)C)COC(=O)C(C)(C)C. The summed E-state index contributed by atoms with van der Waals surface area (Å²) >= 11 is 0. The van der Waals surface area contributed by atoms with Crippen LogP contribution in [0.5, 0.6) is 0 Å². The van der Waals surface area contributed by atoms with Crippen molar-refractivity contribution in [3.63, 3.8) is 0 Å². The molecule has 0 atom stereocenters. The van der Waals surface area contributed by atoms with E-state index in [2.05, 4.69) is 0 Å². The van der Waals surface area contributed by atoms with Crippen LogP contribution in [0.1, 0.15) is 55.4 Å². The van der Waals surface area contributed by atoms with Crippen molar-refractivity contribution in [1.82, 2.24) is 0 Å². The standard InChI is InChI=1S/C15H28O4/c1-13(2,3)11(16)18-9-15(7,8)10-19-12(17)14(4,5)6/h9-10H2,1-8H3. The van der Waals surface area contributed by atoms with Crippen LogP contribution in [0.4, 0.5) is 0 Å². The van der Waals surface area contributed by atoms with E-state index < -0.39 is 10.8 Å². The van der Waals surface area contributed by atoms with E-state index in [1.165, 1.54) is 0 Å². The molecule has 0 aromatic rings. The third-order valence-corrected chi connectivity index (χ3v) is 2.41. The number of hydrogen-bond donors (Lipinski definition) is 0. The molecule has 4 nitrogen and oxygen atoms in total. The maximum Gasteiger partial charge on any atom is 0.311 e. The first kappa shape index (κ1) is 17.9. The number of carbonyl (C=O) groups excluding carboxylic acids is 2. The Balaban J connectivity index is 4.28. The zero-order valence-corrected chi connectivity index (χ0v) is 13.5. The van der Waals surface area contributed by atoms with Crippen LogP contribution in [0.2, 0.25) is 0 Å². The summed E-state index contributed by atoms with van der Waals surface area (Å²) in [5.74, 6) is -0.495. The van der Waals surface area contributed by atoms with Crippen molar-refractivity contribution >= 4 is 11.9 Å². The Bertz CT molecular complexity index is 297. The molecule has 0 aliphatic heterocycles. The highest BCUT2D eigenvalue weighted by Crippen LogP contribution is 2.22. The number of carbonyl (C=O) groups is 2. The normalized spacial score (nSPS) is 13.1. The number of hydrogen-bond acceptors (Lipinski definition) is 4. The fraction of sp³-hybridized carbons (Fsp3) is 0.867. The first-order valence-corrected chi connectivity index (χ1v) is 6.60. The average molecular weight is 272 g/mol. The van der Waals surface area contributed by atoms with Gasteiger partial charge in [-0.15, -0.1) is 0 Å². The lowest BCUT2D eigenvalue weighted by Gasteiger charge is -2.27. The van der Waals surface area contributed by atoms with Crippen LogP contribution in [-0.4, -0.2) is 25.2 Å². The summed E-state index contributed by atoms with van der Waals surface area (Å²) in [4.78, 5) is 23.4. The fourth-order valence-electron chi connectivity index (χ4n) is 0.997. The molecule has 0 rings (SSSR count). The maximum absolute atomic E-state index is 11.7. The third-order valence-electron chi connectivity index (χ3n) is 2.41. The lowest BCUT2D eigenvalue weighted by atomic mass is 9.94. The van der Waals surface area contributed by atoms with Gasteiger partial charge in [0.2, 0.25) is 0 Å². The molecule has 4 heteroatoms. The van der Waals surface area contributed by atoms with E-state index in [-0.39, 0.29) is 30.6 Å². The van der Waals surface area contributed by atoms with Gasteiger partial charge in [0.25, 0.3) is 0 Å². The Hall–Kier alpha value is -1.06. The summed E-state index contributed by atoms with van der Waals surface area (Å²) in [5, 5.41) is 0. The number of rotatable bonds is 4. The zero-order valence-electron chi connectivity index (χ0n) is 13.5. The molecule has 0 amide bonds. The minimum atomic E-state index is -0.516. The Morgan fingerprint density at radius 1 is 0.684 bits per heavy atom. The largest absolute Gasteiger partial charge is 0.465 e. The zero-order chi connectivity index (χ0) is 15.5. The van der Waals surface area contributed by atoms with Crippen LogP contribution in [0.15, 0.2) is 0 Å². The number of ether oxygens (including phenoxy) is 2. The van der Waals surface area contributed by atoms with Crippen LogP contribution in [-0.2, 0) is 19.1 Å². The highest BCUT2D eigenvalue weighted by atomic mass is 16.5. The molecule has 0 saturated heterocycles. The van der Waals surface area contributed by atoms with E-state index in [1.54, 1.807) is 0 Å². The lowest BCUT2D eigenvalue weighted by molar-refractivity contribution is -0.162. The Morgan fingerprint density at radius 2 is 0.947 bits per heavy atom. The van der Waals surface area contributed by atoms with Gasteiger partial charge in [-0.05, 0) is 41.5 Å². The van der Waals surface area contributed by atoms with Crippen LogP contribution in [0, 0.1) is 16.2 Å². The van der Waals surface area contributed by atoms with Crippen molar-refractivity contribution in [2.75, 3.05) is 13.2 Å². The van der Waals surface area contributed by atoms with E-state index in [9.17, 15) is 9.59 Å². The Labute approximate surface area is 116 Å². The lowest BCUT2D eigenvalue weighted by Crippen LogP contribution is -2.34. The first-order valence-electron chi connectivity index (χ1n) is 6.60. The predicted molar refractivity (Wildman–Crippen MR) is 74.6 cm³/mol. The minimum Gasteiger partial charge on any atom is -0.465 e. The molecule has 0 fully saturated rings. The summed E-state index contributed by atoms with van der Waals surface area (Å²) in [6.45, 7) is 15.1. The van der Waals surface area contributed by atoms with Gasteiger partial charge in [-0.1, -0.05) is 13.8 Å². The Morgan fingerprint density at radius 3 is 1.16 bits per heavy atom.